The van der Waals surface area contributed by atoms with Crippen molar-refractivity contribution in [2.24, 2.45) is 5.92 Å². The Morgan fingerprint density at radius 1 is 1.12 bits per heavy atom. The topological polar surface area (TPSA) is 15.3 Å². The van der Waals surface area contributed by atoms with E-state index in [0.29, 0.717) is 6.04 Å². The summed E-state index contributed by atoms with van der Waals surface area (Å²) in [6.45, 7) is 11.8. The molecule has 0 saturated heterocycles. The third kappa shape index (κ3) is 7.77. The summed E-state index contributed by atoms with van der Waals surface area (Å²) in [7, 11) is 0. The van der Waals surface area contributed by atoms with Gasteiger partial charge in [0, 0.05) is 25.7 Å². The molecule has 0 aromatic heterocycles. The van der Waals surface area contributed by atoms with Crippen LogP contribution in [0.3, 0.4) is 0 Å². The first-order chi connectivity index (χ1) is 8.24. The first-order valence-corrected chi connectivity index (χ1v) is 7.68. The molecule has 1 N–H and O–H groups in total. The summed E-state index contributed by atoms with van der Waals surface area (Å²) in [5, 5.41) is 3.58. The fraction of sp³-hybridized carbons (Fsp3) is 1.00. The first-order valence-electron chi connectivity index (χ1n) is 7.68. The van der Waals surface area contributed by atoms with Gasteiger partial charge < -0.3 is 5.32 Å². The zero-order chi connectivity index (χ0) is 12.5. The molecule has 102 valence electrons. The van der Waals surface area contributed by atoms with Crippen molar-refractivity contribution < 1.29 is 0 Å². The number of rotatable bonds is 11. The lowest BCUT2D eigenvalue weighted by molar-refractivity contribution is 0.213. The second kappa shape index (κ2) is 8.93. The summed E-state index contributed by atoms with van der Waals surface area (Å²) in [5.41, 5.74) is 0. The molecule has 1 fully saturated rings. The molecular weight excluding hydrogens is 208 g/mol. The minimum atomic E-state index is 0.706. The summed E-state index contributed by atoms with van der Waals surface area (Å²) in [4.78, 5) is 2.64. The van der Waals surface area contributed by atoms with Crippen molar-refractivity contribution in [2.75, 3.05) is 26.2 Å². The van der Waals surface area contributed by atoms with Crippen LogP contribution >= 0.6 is 0 Å². The molecule has 17 heavy (non-hydrogen) atoms. The summed E-state index contributed by atoms with van der Waals surface area (Å²) in [5.74, 6) is 1.02. The van der Waals surface area contributed by atoms with Crippen molar-refractivity contribution in [2.45, 2.75) is 65.3 Å². The number of hydrogen-bond acceptors (Lipinski definition) is 2. The Bertz CT molecular complexity index is 176. The fourth-order valence-electron chi connectivity index (χ4n) is 2.22. The van der Waals surface area contributed by atoms with Crippen molar-refractivity contribution >= 4 is 0 Å². The molecule has 0 radical (unpaired) electrons. The Morgan fingerprint density at radius 3 is 2.47 bits per heavy atom. The SMILES string of the molecule is CCCCCCNCCN(CC1CC1)C(C)C. The van der Waals surface area contributed by atoms with Gasteiger partial charge >= 0.3 is 0 Å². The Balaban J connectivity index is 1.94. The van der Waals surface area contributed by atoms with Gasteiger partial charge in [0.05, 0.1) is 0 Å². The Labute approximate surface area is 108 Å². The van der Waals surface area contributed by atoms with Crippen molar-refractivity contribution in [3.8, 4) is 0 Å². The molecule has 1 aliphatic carbocycles. The van der Waals surface area contributed by atoms with Crippen LogP contribution in [0.4, 0.5) is 0 Å². The average Bonchev–Trinajstić information content (AvgIpc) is 3.10. The molecule has 0 spiro atoms. The standard InChI is InChI=1S/C15H32N2/c1-4-5-6-7-10-16-11-12-17(14(2)3)13-15-8-9-15/h14-16H,4-13H2,1-3H3. The fourth-order valence-corrected chi connectivity index (χ4v) is 2.22. The van der Waals surface area contributed by atoms with Crippen molar-refractivity contribution in [3.63, 3.8) is 0 Å². The van der Waals surface area contributed by atoms with Crippen molar-refractivity contribution in [1.82, 2.24) is 10.2 Å². The van der Waals surface area contributed by atoms with Gasteiger partial charge in [0.25, 0.3) is 0 Å². The molecule has 0 bridgehead atoms. The Morgan fingerprint density at radius 2 is 1.88 bits per heavy atom. The van der Waals surface area contributed by atoms with E-state index in [0.717, 1.165) is 12.5 Å². The van der Waals surface area contributed by atoms with E-state index in [4.69, 9.17) is 0 Å². The smallest absolute Gasteiger partial charge is 0.0110 e. The molecule has 2 heteroatoms. The van der Waals surface area contributed by atoms with Crippen molar-refractivity contribution in [1.29, 1.82) is 0 Å². The lowest BCUT2D eigenvalue weighted by Crippen LogP contribution is -2.38. The van der Waals surface area contributed by atoms with Crippen LogP contribution < -0.4 is 5.32 Å². The van der Waals surface area contributed by atoms with Gasteiger partial charge in [-0.3, -0.25) is 4.90 Å². The summed E-state index contributed by atoms with van der Waals surface area (Å²) < 4.78 is 0. The molecule has 0 aromatic rings. The molecular formula is C15H32N2. The van der Waals surface area contributed by atoms with Crippen LogP contribution in [0, 0.1) is 5.92 Å². The average molecular weight is 240 g/mol. The lowest BCUT2D eigenvalue weighted by atomic mass is 10.2. The first kappa shape index (κ1) is 15.0. The van der Waals surface area contributed by atoms with E-state index in [2.05, 4.69) is 31.0 Å². The molecule has 1 aliphatic rings. The van der Waals surface area contributed by atoms with Crippen LogP contribution in [0.2, 0.25) is 0 Å². The predicted octanol–water partition coefficient (Wildman–Crippen LogP) is 3.28. The van der Waals surface area contributed by atoms with E-state index < -0.39 is 0 Å². The minimum absolute atomic E-state index is 0.706. The highest BCUT2D eigenvalue weighted by molar-refractivity contribution is 4.79. The van der Waals surface area contributed by atoms with Gasteiger partial charge in [0.2, 0.25) is 0 Å². The van der Waals surface area contributed by atoms with Crippen molar-refractivity contribution in [3.05, 3.63) is 0 Å². The molecule has 0 aliphatic heterocycles. The zero-order valence-corrected chi connectivity index (χ0v) is 12.2. The van der Waals surface area contributed by atoms with E-state index in [1.54, 1.807) is 0 Å². The summed E-state index contributed by atoms with van der Waals surface area (Å²) in [6.07, 6.45) is 8.39. The zero-order valence-electron chi connectivity index (χ0n) is 12.2. The monoisotopic (exact) mass is 240 g/mol. The number of nitrogens with zero attached hydrogens (tertiary/aromatic N) is 1. The molecule has 2 nitrogen and oxygen atoms in total. The molecule has 0 aromatic carbocycles. The van der Waals surface area contributed by atoms with Crippen LogP contribution in [0.5, 0.6) is 0 Å². The van der Waals surface area contributed by atoms with E-state index in [9.17, 15) is 0 Å². The number of unbranched alkanes of at least 4 members (excludes halogenated alkanes) is 3. The summed E-state index contributed by atoms with van der Waals surface area (Å²) >= 11 is 0. The van der Waals surface area contributed by atoms with Gasteiger partial charge in [-0.2, -0.15) is 0 Å². The maximum atomic E-state index is 3.58. The highest BCUT2D eigenvalue weighted by Crippen LogP contribution is 2.30. The van der Waals surface area contributed by atoms with E-state index >= 15 is 0 Å². The highest BCUT2D eigenvalue weighted by atomic mass is 15.2. The van der Waals surface area contributed by atoms with Gasteiger partial charge in [-0.05, 0) is 45.6 Å². The maximum Gasteiger partial charge on any atom is 0.0110 e. The summed E-state index contributed by atoms with van der Waals surface area (Å²) in [6, 6.07) is 0.706. The number of nitrogens with one attached hydrogen (secondary N) is 1. The van der Waals surface area contributed by atoms with Gasteiger partial charge in [0.15, 0.2) is 0 Å². The van der Waals surface area contributed by atoms with E-state index in [1.165, 1.54) is 58.2 Å². The third-order valence-corrected chi connectivity index (χ3v) is 3.70. The van der Waals surface area contributed by atoms with Crippen LogP contribution in [0.15, 0.2) is 0 Å². The second-order valence-electron chi connectivity index (χ2n) is 5.84. The van der Waals surface area contributed by atoms with Crippen LogP contribution in [0.25, 0.3) is 0 Å². The third-order valence-electron chi connectivity index (χ3n) is 3.70. The van der Waals surface area contributed by atoms with Gasteiger partial charge in [-0.1, -0.05) is 26.2 Å². The maximum absolute atomic E-state index is 3.58. The molecule has 0 heterocycles. The van der Waals surface area contributed by atoms with Gasteiger partial charge in [-0.25, -0.2) is 0 Å². The Kier molecular flexibility index (Phi) is 7.87. The van der Waals surface area contributed by atoms with E-state index in [-0.39, 0.29) is 0 Å². The lowest BCUT2D eigenvalue weighted by Gasteiger charge is -2.26. The van der Waals surface area contributed by atoms with E-state index in [1.807, 2.05) is 0 Å². The quantitative estimate of drug-likeness (QED) is 0.558. The minimum Gasteiger partial charge on any atom is -0.315 e. The normalized spacial score (nSPS) is 16.1. The van der Waals surface area contributed by atoms with Gasteiger partial charge in [0.1, 0.15) is 0 Å². The molecule has 1 saturated carbocycles. The highest BCUT2D eigenvalue weighted by Gasteiger charge is 2.24. The van der Waals surface area contributed by atoms with Gasteiger partial charge in [-0.15, -0.1) is 0 Å². The molecule has 0 atom stereocenters. The largest absolute Gasteiger partial charge is 0.315 e. The van der Waals surface area contributed by atoms with Crippen LogP contribution in [-0.4, -0.2) is 37.1 Å². The van der Waals surface area contributed by atoms with Crippen LogP contribution in [0.1, 0.15) is 59.3 Å². The molecule has 0 unspecified atom stereocenters. The molecule has 1 rings (SSSR count). The predicted molar refractivity (Wildman–Crippen MR) is 76.4 cm³/mol. The Hall–Kier alpha value is -0.0800. The van der Waals surface area contributed by atoms with Crippen LogP contribution in [-0.2, 0) is 0 Å². The number of hydrogen-bond donors (Lipinski definition) is 1. The second-order valence-corrected chi connectivity index (χ2v) is 5.84. The molecule has 0 amide bonds.